The van der Waals surface area contributed by atoms with Crippen LogP contribution < -0.4 is 0 Å². The molecule has 1 aromatic carbocycles. The van der Waals surface area contributed by atoms with E-state index in [2.05, 4.69) is 0 Å². The molecule has 0 aromatic heterocycles. The fraction of sp³-hybridized carbons (Fsp3) is 0.250. The molecule has 1 aromatic rings. The van der Waals surface area contributed by atoms with Gasteiger partial charge in [0.2, 0.25) is 5.78 Å². The molecule has 0 fully saturated rings. The Morgan fingerprint density at radius 2 is 2.06 bits per heavy atom. The molecule has 1 heterocycles. The van der Waals surface area contributed by atoms with E-state index < -0.39 is 17.4 Å². The topological polar surface area (TPSA) is 26.3 Å². The lowest BCUT2D eigenvalue weighted by Crippen LogP contribution is -2.13. The fourth-order valence-electron chi connectivity index (χ4n) is 1.55. The number of ether oxygens (including phenoxy) is 1. The third kappa shape index (κ3) is 2.47. The molecule has 1 aliphatic heterocycles. The predicted molar refractivity (Wildman–Crippen MR) is 59.0 cm³/mol. The van der Waals surface area contributed by atoms with E-state index in [4.69, 9.17) is 16.3 Å². The van der Waals surface area contributed by atoms with Crippen LogP contribution >= 0.6 is 11.6 Å². The van der Waals surface area contributed by atoms with Crippen molar-refractivity contribution < 1.29 is 18.3 Å². The lowest BCUT2D eigenvalue weighted by atomic mass is 10.1. The lowest BCUT2D eigenvalue weighted by Gasteiger charge is -2.14. The molecule has 0 N–H and O–H groups in total. The Morgan fingerprint density at radius 3 is 2.71 bits per heavy atom. The van der Waals surface area contributed by atoms with E-state index in [9.17, 15) is 13.6 Å². The van der Waals surface area contributed by atoms with Crippen LogP contribution in [0.4, 0.5) is 8.78 Å². The average molecular weight is 259 g/mol. The van der Waals surface area contributed by atoms with Gasteiger partial charge in [0.15, 0.2) is 5.76 Å². The summed E-state index contributed by atoms with van der Waals surface area (Å²) < 4.78 is 31.8. The quantitative estimate of drug-likeness (QED) is 0.599. The molecule has 0 atom stereocenters. The molecule has 2 rings (SSSR count). The Labute approximate surface area is 102 Å². The van der Waals surface area contributed by atoms with Gasteiger partial charge >= 0.3 is 0 Å². The molecule has 0 spiro atoms. The second-order valence-corrected chi connectivity index (χ2v) is 4.04. The zero-order valence-corrected chi connectivity index (χ0v) is 9.56. The van der Waals surface area contributed by atoms with Gasteiger partial charge in [-0.15, -0.1) is 0 Å². The van der Waals surface area contributed by atoms with Crippen LogP contribution in [0, 0.1) is 11.6 Å². The minimum atomic E-state index is -0.850. The maximum atomic E-state index is 13.5. The molecule has 0 saturated heterocycles. The van der Waals surface area contributed by atoms with E-state index in [-0.39, 0.29) is 16.3 Å². The van der Waals surface area contributed by atoms with Crippen molar-refractivity contribution >= 4 is 17.4 Å². The van der Waals surface area contributed by atoms with Crippen LogP contribution in [-0.4, -0.2) is 12.4 Å². The van der Waals surface area contributed by atoms with Crippen LogP contribution in [0.3, 0.4) is 0 Å². The Balaban J connectivity index is 2.37. The number of hydrogen-bond acceptors (Lipinski definition) is 2. The van der Waals surface area contributed by atoms with Gasteiger partial charge in [0.1, 0.15) is 11.6 Å². The highest BCUT2D eigenvalue weighted by molar-refractivity contribution is 6.30. The number of hydrogen-bond donors (Lipinski definition) is 0. The Morgan fingerprint density at radius 1 is 1.29 bits per heavy atom. The molecule has 0 aliphatic carbocycles. The Bertz CT molecular complexity index is 498. The highest BCUT2D eigenvalue weighted by Crippen LogP contribution is 2.23. The van der Waals surface area contributed by atoms with Crippen LogP contribution in [0.15, 0.2) is 24.0 Å². The van der Waals surface area contributed by atoms with Crippen molar-refractivity contribution in [1.29, 1.82) is 0 Å². The first-order chi connectivity index (χ1) is 8.09. The number of halogens is 3. The van der Waals surface area contributed by atoms with Gasteiger partial charge in [0.05, 0.1) is 17.2 Å². The van der Waals surface area contributed by atoms with E-state index in [0.717, 1.165) is 18.6 Å². The number of carbonyl (C=O) groups excluding carboxylic acids is 1. The summed E-state index contributed by atoms with van der Waals surface area (Å²) in [6, 6.07) is 1.58. The molecule has 0 bridgehead atoms. The molecule has 1 aliphatic rings. The van der Waals surface area contributed by atoms with Crippen LogP contribution in [-0.2, 0) is 4.74 Å². The van der Waals surface area contributed by atoms with Gasteiger partial charge in [-0.1, -0.05) is 11.6 Å². The first-order valence-electron chi connectivity index (χ1n) is 5.12. The van der Waals surface area contributed by atoms with Crippen molar-refractivity contribution in [2.24, 2.45) is 0 Å². The average Bonchev–Trinajstić information content (AvgIpc) is 2.34. The van der Waals surface area contributed by atoms with E-state index in [0.29, 0.717) is 13.0 Å². The first kappa shape index (κ1) is 12.0. The summed E-state index contributed by atoms with van der Waals surface area (Å²) in [4.78, 5) is 11.8. The van der Waals surface area contributed by atoms with Gasteiger partial charge < -0.3 is 4.74 Å². The smallest absolute Gasteiger partial charge is 0.230 e. The zero-order valence-electron chi connectivity index (χ0n) is 8.80. The summed E-state index contributed by atoms with van der Waals surface area (Å²) in [5.41, 5.74) is -0.361. The van der Waals surface area contributed by atoms with Crippen molar-refractivity contribution in [1.82, 2.24) is 0 Å². The summed E-state index contributed by atoms with van der Waals surface area (Å²) in [5.74, 6) is -2.26. The number of carbonyl (C=O) groups is 1. The molecular weight excluding hydrogens is 250 g/mol. The molecule has 0 unspecified atom stereocenters. The zero-order chi connectivity index (χ0) is 12.4. The highest BCUT2D eigenvalue weighted by atomic mass is 35.5. The molecule has 17 heavy (non-hydrogen) atoms. The second-order valence-electron chi connectivity index (χ2n) is 3.63. The van der Waals surface area contributed by atoms with Crippen molar-refractivity contribution in [3.8, 4) is 0 Å². The van der Waals surface area contributed by atoms with Gasteiger partial charge in [0.25, 0.3) is 0 Å². The third-order valence-corrected chi connectivity index (χ3v) is 2.70. The highest BCUT2D eigenvalue weighted by Gasteiger charge is 2.21. The van der Waals surface area contributed by atoms with Crippen LogP contribution in [0.25, 0.3) is 0 Å². The number of Topliss-reactive ketones (excluding diaryl/α,β-unsaturated/α-hetero) is 1. The van der Waals surface area contributed by atoms with Gasteiger partial charge in [0, 0.05) is 0 Å². The van der Waals surface area contributed by atoms with Gasteiger partial charge in [-0.25, -0.2) is 8.78 Å². The SMILES string of the molecule is O=C(C1=CCCCO1)c1cc(F)c(Cl)cc1F. The minimum Gasteiger partial charge on any atom is -0.490 e. The number of allylic oxidation sites excluding steroid dienone is 2. The summed E-state index contributed by atoms with van der Waals surface area (Å²) in [6.07, 6.45) is 3.09. The monoisotopic (exact) mass is 258 g/mol. The van der Waals surface area contributed by atoms with E-state index in [1.54, 1.807) is 6.08 Å². The second kappa shape index (κ2) is 4.84. The number of benzene rings is 1. The van der Waals surface area contributed by atoms with E-state index in [1.165, 1.54) is 0 Å². The summed E-state index contributed by atoms with van der Waals surface area (Å²) in [5, 5.41) is -0.349. The lowest BCUT2D eigenvalue weighted by molar-refractivity contribution is 0.0894. The molecule has 5 heteroatoms. The summed E-state index contributed by atoms with van der Waals surface area (Å²) in [6.45, 7) is 0.412. The van der Waals surface area contributed by atoms with Crippen molar-refractivity contribution in [3.05, 3.63) is 46.2 Å². The van der Waals surface area contributed by atoms with Crippen LogP contribution in [0.1, 0.15) is 23.2 Å². The maximum absolute atomic E-state index is 13.5. The van der Waals surface area contributed by atoms with Gasteiger partial charge in [-0.05, 0) is 31.1 Å². The third-order valence-electron chi connectivity index (χ3n) is 2.41. The molecule has 0 saturated carbocycles. The Kier molecular flexibility index (Phi) is 3.43. The van der Waals surface area contributed by atoms with Gasteiger partial charge in [-0.2, -0.15) is 0 Å². The summed E-state index contributed by atoms with van der Waals surface area (Å²) >= 11 is 5.40. The largest absolute Gasteiger partial charge is 0.490 e. The predicted octanol–water partition coefficient (Wildman–Crippen LogP) is 3.50. The minimum absolute atomic E-state index is 0.0665. The van der Waals surface area contributed by atoms with Crippen LogP contribution in [0.5, 0.6) is 0 Å². The van der Waals surface area contributed by atoms with Crippen molar-refractivity contribution in [3.63, 3.8) is 0 Å². The van der Waals surface area contributed by atoms with Crippen molar-refractivity contribution in [2.75, 3.05) is 6.61 Å². The summed E-state index contributed by atoms with van der Waals surface area (Å²) in [7, 11) is 0. The van der Waals surface area contributed by atoms with E-state index >= 15 is 0 Å². The van der Waals surface area contributed by atoms with E-state index in [1.807, 2.05) is 0 Å². The molecule has 2 nitrogen and oxygen atoms in total. The first-order valence-corrected chi connectivity index (χ1v) is 5.49. The molecule has 90 valence electrons. The Hall–Kier alpha value is -1.42. The van der Waals surface area contributed by atoms with Gasteiger partial charge in [-0.3, -0.25) is 4.79 Å². The van der Waals surface area contributed by atoms with Crippen molar-refractivity contribution in [2.45, 2.75) is 12.8 Å². The number of rotatable bonds is 2. The normalized spacial score (nSPS) is 15.1. The van der Waals surface area contributed by atoms with Crippen LogP contribution in [0.2, 0.25) is 5.02 Å². The fourth-order valence-corrected chi connectivity index (χ4v) is 1.70. The molecular formula is C12H9ClF2O2. The maximum Gasteiger partial charge on any atom is 0.230 e. The number of ketones is 1. The standard InChI is InChI=1S/C12H9ClF2O2/c13-8-6-9(14)7(5-10(8)15)12(16)11-3-1-2-4-17-11/h3,5-6H,1-2,4H2. The molecule has 0 radical (unpaired) electrons. The molecule has 0 amide bonds.